The van der Waals surface area contributed by atoms with Gasteiger partial charge in [-0.2, -0.15) is 0 Å². The monoisotopic (exact) mass is 533 g/mol. The molecule has 4 fully saturated rings. The highest BCUT2D eigenvalue weighted by atomic mass is 16.7. The van der Waals surface area contributed by atoms with Crippen LogP contribution >= 0.6 is 0 Å². The number of phenolic OH excluding ortho intramolecular Hbond substituents is 1. The van der Waals surface area contributed by atoms with E-state index in [9.17, 15) is 14.7 Å². The van der Waals surface area contributed by atoms with Crippen molar-refractivity contribution < 1.29 is 28.7 Å². The van der Waals surface area contributed by atoms with Crippen LogP contribution < -0.4 is 5.32 Å². The van der Waals surface area contributed by atoms with Gasteiger partial charge < -0.3 is 24.5 Å². The van der Waals surface area contributed by atoms with Crippen molar-refractivity contribution in [2.75, 3.05) is 0 Å². The fourth-order valence-electron chi connectivity index (χ4n) is 6.81. The molecule has 1 saturated heterocycles. The number of phenols is 1. The first-order valence-electron chi connectivity index (χ1n) is 14.0. The topological polar surface area (TPSA) is 94.1 Å². The molecule has 2 N–H and O–H groups in total. The fourth-order valence-corrected chi connectivity index (χ4v) is 6.81. The summed E-state index contributed by atoms with van der Waals surface area (Å²) < 4.78 is 18.8. The molecule has 4 aliphatic rings. The molecular formula is C31H40BNO6. The lowest BCUT2D eigenvalue weighted by molar-refractivity contribution is -0.199. The second-order valence-electron chi connectivity index (χ2n) is 13.3. The molecule has 7 nitrogen and oxygen atoms in total. The molecule has 2 bridgehead atoms. The number of aromatic hydroxyl groups is 1. The lowest BCUT2D eigenvalue weighted by Crippen LogP contribution is -2.65. The number of nitrogens with one attached hydrogen (secondary N) is 1. The molecule has 5 atom stereocenters. The summed E-state index contributed by atoms with van der Waals surface area (Å²) in [7, 11) is -0.617. The van der Waals surface area contributed by atoms with E-state index >= 15 is 0 Å². The third-order valence-electron chi connectivity index (χ3n) is 8.94. The Morgan fingerprint density at radius 2 is 1.82 bits per heavy atom. The molecule has 3 aliphatic carbocycles. The highest BCUT2D eigenvalue weighted by molar-refractivity contribution is 6.48. The number of hydrogen-bond donors (Lipinski definition) is 2. The van der Waals surface area contributed by atoms with Crippen molar-refractivity contribution >= 4 is 19.0 Å². The third kappa shape index (κ3) is 5.59. The predicted molar refractivity (Wildman–Crippen MR) is 149 cm³/mol. The summed E-state index contributed by atoms with van der Waals surface area (Å²) in [5.41, 5.74) is 1.26. The Kier molecular flexibility index (Phi) is 7.09. The van der Waals surface area contributed by atoms with Crippen molar-refractivity contribution in [3.05, 3.63) is 65.2 Å². The molecule has 208 valence electrons. The molecule has 8 heteroatoms. The van der Waals surface area contributed by atoms with Crippen LogP contribution in [0.4, 0.5) is 0 Å². The normalized spacial score (nSPS) is 27.7. The van der Waals surface area contributed by atoms with Crippen molar-refractivity contribution in [1.29, 1.82) is 0 Å². The summed E-state index contributed by atoms with van der Waals surface area (Å²) in [6.45, 7) is 12.3. The van der Waals surface area contributed by atoms with Gasteiger partial charge in [0, 0.05) is 0 Å². The Labute approximate surface area is 231 Å². The molecule has 2 aromatic rings. The number of hydrogen-bond acceptors (Lipinski definition) is 6. The standard InChI is InChI=1S/C31H40BNO6/c1-29(2,3)37-28(36)21-11-7-9-19(13-21)15-26(33-27(35)16-20-10-8-12-23(34)14-20)32-38-25-18-22-17-24(30(22,4)5)31(25,6)39-32/h7-14,22,24-26,34H,15-18H2,1-6H3,(H,33,35). The van der Waals surface area contributed by atoms with E-state index in [1.165, 1.54) is 0 Å². The predicted octanol–water partition coefficient (Wildman–Crippen LogP) is 4.89. The van der Waals surface area contributed by atoms with Crippen LogP contribution in [0.5, 0.6) is 5.75 Å². The van der Waals surface area contributed by atoms with Gasteiger partial charge in [0.15, 0.2) is 0 Å². The molecule has 1 amide bonds. The molecule has 0 aromatic heterocycles. The number of ether oxygens (including phenoxy) is 1. The summed E-state index contributed by atoms with van der Waals surface area (Å²) in [5, 5.41) is 13.0. The number of benzene rings is 2. The van der Waals surface area contributed by atoms with Crippen LogP contribution in [0.1, 0.15) is 75.9 Å². The number of carbonyl (C=O) groups excluding carboxylic acids is 2. The van der Waals surface area contributed by atoms with E-state index in [4.69, 9.17) is 14.0 Å². The summed E-state index contributed by atoms with van der Waals surface area (Å²) in [5.74, 6) is 0.0990. The van der Waals surface area contributed by atoms with Crippen LogP contribution in [0.3, 0.4) is 0 Å². The van der Waals surface area contributed by atoms with E-state index in [1.807, 2.05) is 45.0 Å². The minimum Gasteiger partial charge on any atom is -0.508 e. The van der Waals surface area contributed by atoms with Crippen LogP contribution in [-0.2, 0) is 31.7 Å². The first-order valence-corrected chi connectivity index (χ1v) is 14.0. The van der Waals surface area contributed by atoms with Gasteiger partial charge in [-0.1, -0.05) is 38.1 Å². The summed E-state index contributed by atoms with van der Waals surface area (Å²) in [4.78, 5) is 25.9. The highest BCUT2D eigenvalue weighted by Gasteiger charge is 2.68. The van der Waals surface area contributed by atoms with E-state index in [0.29, 0.717) is 23.8 Å². The Hall–Kier alpha value is -2.84. The first kappa shape index (κ1) is 27.7. The van der Waals surface area contributed by atoms with E-state index in [-0.39, 0.29) is 35.6 Å². The number of carbonyl (C=O) groups is 2. The molecule has 0 spiro atoms. The Balaban J connectivity index is 1.37. The van der Waals surface area contributed by atoms with E-state index < -0.39 is 24.3 Å². The molecule has 6 rings (SSSR count). The zero-order valence-electron chi connectivity index (χ0n) is 23.8. The SMILES string of the molecule is CC(C)(C)OC(=O)c1cccc(CC(NC(=O)Cc2cccc(O)c2)B2OC3CC4CC(C4(C)C)C3(C)O2)c1. The van der Waals surface area contributed by atoms with Crippen LogP contribution in [0.2, 0.25) is 0 Å². The average Bonchev–Trinajstić information content (AvgIpc) is 3.20. The zero-order valence-corrected chi connectivity index (χ0v) is 23.8. The van der Waals surface area contributed by atoms with E-state index in [0.717, 1.165) is 24.0 Å². The first-order chi connectivity index (χ1) is 18.2. The fraction of sp³-hybridized carbons (Fsp3) is 0.548. The maximum Gasteiger partial charge on any atom is 0.482 e. The molecule has 2 aromatic carbocycles. The van der Waals surface area contributed by atoms with Crippen molar-refractivity contribution in [1.82, 2.24) is 5.32 Å². The maximum atomic E-state index is 13.2. The smallest absolute Gasteiger partial charge is 0.482 e. The van der Waals surface area contributed by atoms with Gasteiger partial charge in [0.05, 0.1) is 29.6 Å². The molecule has 5 unspecified atom stereocenters. The van der Waals surface area contributed by atoms with Gasteiger partial charge in [-0.15, -0.1) is 0 Å². The van der Waals surface area contributed by atoms with Gasteiger partial charge in [0.1, 0.15) is 11.4 Å². The van der Waals surface area contributed by atoms with Crippen LogP contribution in [0.15, 0.2) is 48.5 Å². The van der Waals surface area contributed by atoms with Crippen molar-refractivity contribution in [2.24, 2.45) is 17.3 Å². The molecule has 39 heavy (non-hydrogen) atoms. The third-order valence-corrected chi connectivity index (χ3v) is 8.94. The quantitative estimate of drug-likeness (QED) is 0.389. The van der Waals surface area contributed by atoms with Gasteiger partial charge in [-0.05, 0) is 99.6 Å². The molecular weight excluding hydrogens is 493 g/mol. The molecule has 0 radical (unpaired) electrons. The van der Waals surface area contributed by atoms with Crippen LogP contribution in [-0.4, -0.2) is 47.3 Å². The van der Waals surface area contributed by atoms with Gasteiger partial charge in [-0.3, -0.25) is 4.79 Å². The minimum absolute atomic E-state index is 0.0159. The minimum atomic E-state index is -0.617. The number of esters is 1. The van der Waals surface area contributed by atoms with Crippen LogP contribution in [0, 0.1) is 17.3 Å². The molecule has 3 saturated carbocycles. The molecule has 1 aliphatic heterocycles. The molecule has 1 heterocycles. The highest BCUT2D eigenvalue weighted by Crippen LogP contribution is 2.65. The lowest BCUT2D eigenvalue weighted by Gasteiger charge is -2.64. The number of rotatable bonds is 7. The van der Waals surface area contributed by atoms with E-state index in [2.05, 4.69) is 26.1 Å². The summed E-state index contributed by atoms with van der Waals surface area (Å²) in [6, 6.07) is 14.0. The summed E-state index contributed by atoms with van der Waals surface area (Å²) >= 11 is 0. The van der Waals surface area contributed by atoms with Gasteiger partial charge in [0.25, 0.3) is 0 Å². The Morgan fingerprint density at radius 3 is 2.51 bits per heavy atom. The Morgan fingerprint density at radius 1 is 1.10 bits per heavy atom. The van der Waals surface area contributed by atoms with Gasteiger partial charge in [-0.25, -0.2) is 4.79 Å². The largest absolute Gasteiger partial charge is 0.508 e. The lowest BCUT2D eigenvalue weighted by atomic mass is 9.43. The second-order valence-corrected chi connectivity index (χ2v) is 13.3. The Bertz CT molecular complexity index is 1260. The average molecular weight is 533 g/mol. The zero-order chi connectivity index (χ0) is 28.2. The van der Waals surface area contributed by atoms with Gasteiger partial charge >= 0.3 is 13.1 Å². The second kappa shape index (κ2) is 9.97. The number of amides is 1. The van der Waals surface area contributed by atoms with Crippen molar-refractivity contribution in [3.8, 4) is 5.75 Å². The van der Waals surface area contributed by atoms with Crippen LogP contribution in [0.25, 0.3) is 0 Å². The summed E-state index contributed by atoms with van der Waals surface area (Å²) in [6.07, 6.45) is 2.62. The maximum absolute atomic E-state index is 13.2. The van der Waals surface area contributed by atoms with Gasteiger partial charge in [0.2, 0.25) is 5.91 Å². The van der Waals surface area contributed by atoms with Crippen molar-refractivity contribution in [3.63, 3.8) is 0 Å². The van der Waals surface area contributed by atoms with E-state index in [1.54, 1.807) is 24.3 Å². The van der Waals surface area contributed by atoms with Crippen molar-refractivity contribution in [2.45, 2.75) is 90.5 Å².